The van der Waals surface area contributed by atoms with Crippen molar-refractivity contribution in [1.29, 1.82) is 0 Å². The zero-order valence-corrected chi connectivity index (χ0v) is 11.5. The van der Waals surface area contributed by atoms with Crippen LogP contribution in [0.15, 0.2) is 24.3 Å². The first-order valence-electron chi connectivity index (χ1n) is 5.96. The molecule has 0 aliphatic rings. The van der Waals surface area contributed by atoms with E-state index in [2.05, 4.69) is 4.98 Å². The minimum Gasteiger partial charge on any atom is -0.466 e. The molecule has 0 unspecified atom stereocenters. The number of para-hydroxylation sites is 1. The standard InChI is InChI=1S/C14H14ClNO3/c1-3-18-13(17)8-19-12-7-11(15)10-6-4-5-9(2)14(10)16-12/h4-7H,3,8H2,1-2H3. The van der Waals surface area contributed by atoms with Crippen molar-refractivity contribution in [1.82, 2.24) is 4.98 Å². The predicted molar refractivity (Wildman–Crippen MR) is 73.6 cm³/mol. The molecular weight excluding hydrogens is 266 g/mol. The number of benzene rings is 1. The Labute approximate surface area is 116 Å². The van der Waals surface area contributed by atoms with Gasteiger partial charge in [0, 0.05) is 11.5 Å². The van der Waals surface area contributed by atoms with Crippen LogP contribution in [0.2, 0.25) is 5.02 Å². The molecular formula is C14H14ClNO3. The summed E-state index contributed by atoms with van der Waals surface area (Å²) in [7, 11) is 0. The summed E-state index contributed by atoms with van der Waals surface area (Å²) in [6, 6.07) is 7.36. The number of halogens is 1. The van der Waals surface area contributed by atoms with E-state index in [0.29, 0.717) is 17.5 Å². The van der Waals surface area contributed by atoms with E-state index in [1.165, 1.54) is 0 Å². The number of hydrogen-bond donors (Lipinski definition) is 0. The van der Waals surface area contributed by atoms with Crippen LogP contribution in [0.25, 0.3) is 10.9 Å². The molecule has 5 heteroatoms. The Morgan fingerprint density at radius 2 is 2.21 bits per heavy atom. The molecule has 0 radical (unpaired) electrons. The Hall–Kier alpha value is -1.81. The molecule has 0 aliphatic carbocycles. The molecule has 0 aliphatic heterocycles. The molecule has 1 aromatic heterocycles. The van der Waals surface area contributed by atoms with Crippen LogP contribution in [-0.4, -0.2) is 24.2 Å². The fourth-order valence-electron chi connectivity index (χ4n) is 1.74. The number of aryl methyl sites for hydroxylation is 1. The lowest BCUT2D eigenvalue weighted by molar-refractivity contribution is -0.145. The monoisotopic (exact) mass is 279 g/mol. The van der Waals surface area contributed by atoms with E-state index in [-0.39, 0.29) is 6.61 Å². The highest BCUT2D eigenvalue weighted by atomic mass is 35.5. The minimum absolute atomic E-state index is 0.172. The lowest BCUT2D eigenvalue weighted by Gasteiger charge is -2.08. The maximum Gasteiger partial charge on any atom is 0.344 e. The van der Waals surface area contributed by atoms with Crippen molar-refractivity contribution < 1.29 is 14.3 Å². The van der Waals surface area contributed by atoms with E-state index in [4.69, 9.17) is 21.1 Å². The quantitative estimate of drug-likeness (QED) is 0.807. The number of ether oxygens (including phenoxy) is 2. The molecule has 2 rings (SSSR count). The van der Waals surface area contributed by atoms with Gasteiger partial charge in [-0.3, -0.25) is 0 Å². The van der Waals surface area contributed by atoms with E-state index in [1.54, 1.807) is 13.0 Å². The zero-order chi connectivity index (χ0) is 13.8. The highest BCUT2D eigenvalue weighted by molar-refractivity contribution is 6.35. The van der Waals surface area contributed by atoms with E-state index < -0.39 is 5.97 Å². The second-order valence-corrected chi connectivity index (χ2v) is 4.41. The van der Waals surface area contributed by atoms with Gasteiger partial charge >= 0.3 is 5.97 Å². The molecule has 0 saturated heterocycles. The van der Waals surface area contributed by atoms with Gasteiger partial charge < -0.3 is 9.47 Å². The summed E-state index contributed by atoms with van der Waals surface area (Å²) in [5.41, 5.74) is 1.77. The van der Waals surface area contributed by atoms with Gasteiger partial charge in [-0.15, -0.1) is 0 Å². The van der Waals surface area contributed by atoms with Crippen LogP contribution < -0.4 is 4.74 Å². The first kappa shape index (κ1) is 13.6. The molecule has 0 bridgehead atoms. The van der Waals surface area contributed by atoms with Gasteiger partial charge in [-0.2, -0.15) is 0 Å². The van der Waals surface area contributed by atoms with Gasteiger partial charge in [0.15, 0.2) is 6.61 Å². The maximum atomic E-state index is 11.2. The molecule has 0 fully saturated rings. The van der Waals surface area contributed by atoms with E-state index in [9.17, 15) is 4.79 Å². The van der Waals surface area contributed by atoms with Crippen LogP contribution in [0, 0.1) is 6.92 Å². The second kappa shape index (κ2) is 5.89. The van der Waals surface area contributed by atoms with Crippen LogP contribution in [0.3, 0.4) is 0 Å². The lowest BCUT2D eigenvalue weighted by Crippen LogP contribution is -2.15. The van der Waals surface area contributed by atoms with Crippen LogP contribution in [-0.2, 0) is 9.53 Å². The van der Waals surface area contributed by atoms with Gasteiger partial charge in [-0.05, 0) is 19.4 Å². The van der Waals surface area contributed by atoms with E-state index in [0.717, 1.165) is 16.5 Å². The zero-order valence-electron chi connectivity index (χ0n) is 10.8. The van der Waals surface area contributed by atoms with Gasteiger partial charge in [-0.25, -0.2) is 9.78 Å². The Morgan fingerprint density at radius 3 is 2.95 bits per heavy atom. The fourth-order valence-corrected chi connectivity index (χ4v) is 1.98. The number of pyridine rings is 1. The normalized spacial score (nSPS) is 10.5. The van der Waals surface area contributed by atoms with Crippen molar-refractivity contribution in [2.45, 2.75) is 13.8 Å². The molecule has 100 valence electrons. The summed E-state index contributed by atoms with van der Waals surface area (Å²) < 4.78 is 10.1. The Balaban J connectivity index is 2.25. The van der Waals surface area contributed by atoms with Crippen molar-refractivity contribution in [3.63, 3.8) is 0 Å². The molecule has 1 heterocycles. The number of nitrogens with zero attached hydrogens (tertiary/aromatic N) is 1. The molecule has 2 aromatic rings. The van der Waals surface area contributed by atoms with Crippen LogP contribution >= 0.6 is 11.6 Å². The predicted octanol–water partition coefficient (Wildman–Crippen LogP) is 3.14. The molecule has 0 saturated carbocycles. The smallest absolute Gasteiger partial charge is 0.344 e. The average Bonchev–Trinajstić information content (AvgIpc) is 2.38. The summed E-state index contributed by atoms with van der Waals surface area (Å²) in [5, 5.41) is 1.41. The number of esters is 1. The summed E-state index contributed by atoms with van der Waals surface area (Å²) in [6.07, 6.45) is 0. The minimum atomic E-state index is -0.426. The lowest BCUT2D eigenvalue weighted by atomic mass is 10.1. The molecule has 0 N–H and O–H groups in total. The Kier molecular flexibility index (Phi) is 4.22. The average molecular weight is 280 g/mol. The fraction of sp³-hybridized carbons (Fsp3) is 0.286. The van der Waals surface area contributed by atoms with Crippen molar-refractivity contribution in [2.24, 2.45) is 0 Å². The SMILES string of the molecule is CCOC(=O)COc1cc(Cl)c2cccc(C)c2n1. The van der Waals surface area contributed by atoms with Crippen LogP contribution in [0.5, 0.6) is 5.88 Å². The van der Waals surface area contributed by atoms with Crippen molar-refractivity contribution >= 4 is 28.5 Å². The highest BCUT2D eigenvalue weighted by Gasteiger charge is 2.09. The third kappa shape index (κ3) is 3.15. The van der Waals surface area contributed by atoms with Crippen LogP contribution in [0.4, 0.5) is 0 Å². The number of fused-ring (bicyclic) bond motifs is 1. The Bertz CT molecular complexity index is 613. The third-order valence-corrected chi connectivity index (χ3v) is 2.92. The maximum absolute atomic E-state index is 11.2. The van der Waals surface area contributed by atoms with Crippen molar-refractivity contribution in [2.75, 3.05) is 13.2 Å². The number of carbonyl (C=O) groups excluding carboxylic acids is 1. The number of rotatable bonds is 4. The first-order valence-corrected chi connectivity index (χ1v) is 6.34. The molecule has 1 aromatic carbocycles. The number of carbonyl (C=O) groups is 1. The van der Waals surface area contributed by atoms with Gasteiger partial charge in [-0.1, -0.05) is 29.8 Å². The molecule has 0 amide bonds. The number of hydrogen-bond acceptors (Lipinski definition) is 4. The van der Waals surface area contributed by atoms with Crippen molar-refractivity contribution in [3.8, 4) is 5.88 Å². The molecule has 4 nitrogen and oxygen atoms in total. The molecule has 19 heavy (non-hydrogen) atoms. The van der Waals surface area contributed by atoms with Gasteiger partial charge in [0.25, 0.3) is 0 Å². The van der Waals surface area contributed by atoms with Crippen LogP contribution in [0.1, 0.15) is 12.5 Å². The first-order chi connectivity index (χ1) is 9.11. The van der Waals surface area contributed by atoms with Gasteiger partial charge in [0.05, 0.1) is 17.1 Å². The molecule has 0 atom stereocenters. The van der Waals surface area contributed by atoms with Gasteiger partial charge in [0.2, 0.25) is 5.88 Å². The topological polar surface area (TPSA) is 48.4 Å². The number of aromatic nitrogens is 1. The second-order valence-electron chi connectivity index (χ2n) is 4.01. The summed E-state index contributed by atoms with van der Waals surface area (Å²) in [6.45, 7) is 3.84. The Morgan fingerprint density at radius 1 is 1.42 bits per heavy atom. The van der Waals surface area contributed by atoms with Crippen molar-refractivity contribution in [3.05, 3.63) is 34.9 Å². The summed E-state index contributed by atoms with van der Waals surface area (Å²) in [4.78, 5) is 15.6. The summed E-state index contributed by atoms with van der Waals surface area (Å²) in [5.74, 6) is -0.106. The summed E-state index contributed by atoms with van der Waals surface area (Å²) >= 11 is 6.17. The molecule has 0 spiro atoms. The van der Waals surface area contributed by atoms with E-state index >= 15 is 0 Å². The highest BCUT2D eigenvalue weighted by Crippen LogP contribution is 2.27. The van der Waals surface area contributed by atoms with Gasteiger partial charge in [0.1, 0.15) is 0 Å². The third-order valence-electron chi connectivity index (χ3n) is 2.61. The largest absolute Gasteiger partial charge is 0.466 e. The van der Waals surface area contributed by atoms with E-state index in [1.807, 2.05) is 25.1 Å².